The lowest BCUT2D eigenvalue weighted by atomic mass is 10.4. The van der Waals surface area contributed by atoms with Crippen LogP contribution in [0.1, 0.15) is 16.7 Å². The van der Waals surface area contributed by atoms with E-state index in [0.717, 1.165) is 10.6 Å². The normalized spacial score (nSPS) is 10.2. The first-order valence-corrected chi connectivity index (χ1v) is 6.08. The van der Waals surface area contributed by atoms with Crippen LogP contribution in [0, 0.1) is 0 Å². The Labute approximate surface area is 94.6 Å². The predicted octanol–water partition coefficient (Wildman–Crippen LogP) is 2.44. The predicted molar refractivity (Wildman–Crippen MR) is 59.2 cm³/mol. The van der Waals surface area contributed by atoms with E-state index in [0.29, 0.717) is 11.6 Å². The second-order valence-corrected chi connectivity index (χ2v) is 4.37. The number of aromatic nitrogens is 2. The largest absolute Gasteiger partial charge is 0.461 e. The van der Waals surface area contributed by atoms with Gasteiger partial charge in [0, 0.05) is 11.6 Å². The molecule has 0 atom stereocenters. The van der Waals surface area contributed by atoms with Crippen LogP contribution in [-0.2, 0) is 4.74 Å². The van der Waals surface area contributed by atoms with Gasteiger partial charge in [-0.05, 0) is 6.92 Å². The molecule has 0 aromatic carbocycles. The van der Waals surface area contributed by atoms with Crippen LogP contribution in [-0.4, -0.2) is 22.5 Å². The van der Waals surface area contributed by atoms with E-state index in [1.165, 1.54) is 22.7 Å². The number of carbonyl (C=O) groups is 1. The molecule has 0 aliphatic rings. The summed E-state index contributed by atoms with van der Waals surface area (Å²) in [6, 6.07) is 0. The van der Waals surface area contributed by atoms with Gasteiger partial charge < -0.3 is 4.74 Å². The van der Waals surface area contributed by atoms with Crippen molar-refractivity contribution < 1.29 is 9.53 Å². The highest BCUT2D eigenvalue weighted by Gasteiger charge is 2.13. The molecule has 2 heterocycles. The minimum Gasteiger partial charge on any atom is -0.461 e. The van der Waals surface area contributed by atoms with Gasteiger partial charge in [-0.3, -0.25) is 4.98 Å². The van der Waals surface area contributed by atoms with Crippen molar-refractivity contribution in [3.8, 4) is 10.6 Å². The molecule has 0 N–H and O–H groups in total. The molecule has 0 aliphatic carbocycles. The van der Waals surface area contributed by atoms with Crippen LogP contribution >= 0.6 is 22.7 Å². The van der Waals surface area contributed by atoms with Gasteiger partial charge in [0.1, 0.15) is 0 Å². The maximum atomic E-state index is 11.3. The fourth-order valence-corrected chi connectivity index (χ4v) is 2.38. The van der Waals surface area contributed by atoms with Crippen LogP contribution in [0.25, 0.3) is 10.6 Å². The van der Waals surface area contributed by atoms with Crippen LogP contribution in [0.15, 0.2) is 17.1 Å². The first kappa shape index (κ1) is 10.3. The van der Waals surface area contributed by atoms with Gasteiger partial charge in [-0.2, -0.15) is 0 Å². The number of hydrogen-bond donors (Lipinski definition) is 0. The molecule has 15 heavy (non-hydrogen) atoms. The monoisotopic (exact) mass is 240 g/mol. The molecule has 0 bridgehead atoms. The number of nitrogens with zero attached hydrogens (tertiary/aromatic N) is 2. The summed E-state index contributed by atoms with van der Waals surface area (Å²) < 4.78 is 4.86. The van der Waals surface area contributed by atoms with Gasteiger partial charge in [0.05, 0.1) is 22.7 Å². The van der Waals surface area contributed by atoms with Crippen LogP contribution < -0.4 is 0 Å². The first-order chi connectivity index (χ1) is 7.31. The third kappa shape index (κ3) is 2.21. The van der Waals surface area contributed by atoms with E-state index in [9.17, 15) is 4.79 Å². The van der Waals surface area contributed by atoms with Gasteiger partial charge in [0.2, 0.25) is 5.01 Å². The van der Waals surface area contributed by atoms with E-state index < -0.39 is 0 Å². The Hall–Kier alpha value is -1.27. The minimum atomic E-state index is -0.363. The Morgan fingerprint density at radius 1 is 1.53 bits per heavy atom. The fourth-order valence-electron chi connectivity index (χ4n) is 1.02. The summed E-state index contributed by atoms with van der Waals surface area (Å²) >= 11 is 2.78. The van der Waals surface area contributed by atoms with Crippen LogP contribution in [0.5, 0.6) is 0 Å². The van der Waals surface area contributed by atoms with Gasteiger partial charge >= 0.3 is 5.97 Å². The van der Waals surface area contributed by atoms with Crippen molar-refractivity contribution in [2.75, 3.05) is 6.61 Å². The topological polar surface area (TPSA) is 52.1 Å². The molecule has 6 heteroatoms. The molecule has 0 aliphatic heterocycles. The molecule has 0 unspecified atom stereocenters. The highest BCUT2D eigenvalue weighted by atomic mass is 32.1. The number of rotatable bonds is 3. The second kappa shape index (κ2) is 4.50. The Kier molecular flexibility index (Phi) is 3.08. The van der Waals surface area contributed by atoms with Gasteiger partial charge in [-0.15, -0.1) is 22.7 Å². The molecule has 2 aromatic rings. The van der Waals surface area contributed by atoms with Crippen molar-refractivity contribution in [1.29, 1.82) is 0 Å². The SMILES string of the molecule is CCOC(=O)c1nc(-c2cncs2)cs1. The lowest BCUT2D eigenvalue weighted by Crippen LogP contribution is -2.03. The highest BCUT2D eigenvalue weighted by molar-refractivity contribution is 7.14. The zero-order valence-electron chi connectivity index (χ0n) is 7.97. The van der Waals surface area contributed by atoms with Crippen molar-refractivity contribution in [2.24, 2.45) is 0 Å². The lowest BCUT2D eigenvalue weighted by Gasteiger charge is -1.95. The van der Waals surface area contributed by atoms with Crippen molar-refractivity contribution in [2.45, 2.75) is 6.92 Å². The second-order valence-electron chi connectivity index (χ2n) is 2.62. The van der Waals surface area contributed by atoms with Crippen LogP contribution in [0.4, 0.5) is 0 Å². The van der Waals surface area contributed by atoms with Crippen LogP contribution in [0.2, 0.25) is 0 Å². The molecule has 2 aromatic heterocycles. The van der Waals surface area contributed by atoms with E-state index >= 15 is 0 Å². The van der Waals surface area contributed by atoms with Crippen molar-refractivity contribution in [3.05, 3.63) is 22.1 Å². The Morgan fingerprint density at radius 2 is 2.40 bits per heavy atom. The van der Waals surface area contributed by atoms with E-state index in [4.69, 9.17) is 4.74 Å². The quantitative estimate of drug-likeness (QED) is 0.773. The maximum absolute atomic E-state index is 11.3. The molecule has 0 saturated heterocycles. The summed E-state index contributed by atoms with van der Waals surface area (Å²) in [5, 5.41) is 2.22. The van der Waals surface area contributed by atoms with E-state index in [1.807, 2.05) is 5.38 Å². The number of esters is 1. The molecular weight excluding hydrogens is 232 g/mol. The maximum Gasteiger partial charge on any atom is 0.367 e. The number of thiazole rings is 2. The molecule has 4 nitrogen and oxygen atoms in total. The van der Waals surface area contributed by atoms with Crippen molar-refractivity contribution >= 4 is 28.6 Å². The third-order valence-electron chi connectivity index (χ3n) is 1.64. The zero-order chi connectivity index (χ0) is 10.7. The molecule has 0 amide bonds. The summed E-state index contributed by atoms with van der Waals surface area (Å²) in [5.41, 5.74) is 2.52. The van der Waals surface area contributed by atoms with Gasteiger partial charge in [0.15, 0.2) is 0 Å². The molecule has 0 saturated carbocycles. The average Bonchev–Trinajstić information content (AvgIpc) is 2.89. The van der Waals surface area contributed by atoms with Gasteiger partial charge in [-0.1, -0.05) is 0 Å². The van der Waals surface area contributed by atoms with E-state index in [2.05, 4.69) is 9.97 Å². The van der Waals surface area contributed by atoms with E-state index in [-0.39, 0.29) is 5.97 Å². The Morgan fingerprint density at radius 3 is 3.07 bits per heavy atom. The third-order valence-corrected chi connectivity index (χ3v) is 3.26. The Bertz CT molecular complexity index is 450. The molecular formula is C9H8N2O2S2. The standard InChI is InChI=1S/C9H8N2O2S2/c1-2-13-9(12)8-11-6(4-14-8)7-3-10-5-15-7/h3-5H,2H2,1H3. The number of hydrogen-bond acceptors (Lipinski definition) is 6. The first-order valence-electron chi connectivity index (χ1n) is 4.32. The number of ether oxygens (including phenoxy) is 1. The lowest BCUT2D eigenvalue weighted by molar-refractivity contribution is 0.0526. The summed E-state index contributed by atoms with van der Waals surface area (Å²) in [7, 11) is 0. The summed E-state index contributed by atoms with van der Waals surface area (Å²) in [6.45, 7) is 2.14. The summed E-state index contributed by atoms with van der Waals surface area (Å²) in [5.74, 6) is -0.363. The molecule has 78 valence electrons. The van der Waals surface area contributed by atoms with Gasteiger partial charge in [-0.25, -0.2) is 9.78 Å². The molecule has 0 radical (unpaired) electrons. The molecule has 0 fully saturated rings. The minimum absolute atomic E-state index is 0.363. The van der Waals surface area contributed by atoms with Crippen LogP contribution in [0.3, 0.4) is 0 Å². The molecule has 2 rings (SSSR count). The number of carbonyl (C=O) groups excluding carboxylic acids is 1. The summed E-state index contributed by atoms with van der Waals surface area (Å²) in [4.78, 5) is 20.4. The molecule has 0 spiro atoms. The smallest absolute Gasteiger partial charge is 0.367 e. The fraction of sp³-hybridized carbons (Fsp3) is 0.222. The summed E-state index contributed by atoms with van der Waals surface area (Å²) in [6.07, 6.45) is 1.73. The van der Waals surface area contributed by atoms with E-state index in [1.54, 1.807) is 18.6 Å². The van der Waals surface area contributed by atoms with Crippen molar-refractivity contribution in [3.63, 3.8) is 0 Å². The van der Waals surface area contributed by atoms with Gasteiger partial charge in [0.25, 0.3) is 0 Å². The zero-order valence-corrected chi connectivity index (χ0v) is 9.60. The highest BCUT2D eigenvalue weighted by Crippen LogP contribution is 2.25. The average molecular weight is 240 g/mol. The van der Waals surface area contributed by atoms with Crippen molar-refractivity contribution in [1.82, 2.24) is 9.97 Å². The Balaban J connectivity index is 2.21.